The summed E-state index contributed by atoms with van der Waals surface area (Å²) in [6, 6.07) is 0. The maximum Gasteiger partial charge on any atom is 0.276 e. The third-order valence-corrected chi connectivity index (χ3v) is 17.1. The van der Waals surface area contributed by atoms with Crippen molar-refractivity contribution in [3.8, 4) is 0 Å². The first-order valence-electron chi connectivity index (χ1n) is 21.5. The van der Waals surface area contributed by atoms with Crippen molar-refractivity contribution in [1.29, 1.82) is 0 Å². The van der Waals surface area contributed by atoms with Crippen LogP contribution in [0.1, 0.15) is 70.0 Å². The molecule has 0 radical (unpaired) electrons. The predicted molar refractivity (Wildman–Crippen MR) is 270 cm³/mol. The van der Waals surface area contributed by atoms with Crippen molar-refractivity contribution in [2.75, 3.05) is 0 Å². The second-order valence-electron chi connectivity index (χ2n) is 15.9. The van der Waals surface area contributed by atoms with Crippen molar-refractivity contribution in [2.45, 2.75) is 81.1 Å². The highest BCUT2D eigenvalue weighted by molar-refractivity contribution is 7.19. The molecular weight excluding hydrogens is 913 g/mol. The van der Waals surface area contributed by atoms with Gasteiger partial charge in [-0.1, -0.05) is 27.7 Å². The van der Waals surface area contributed by atoms with E-state index in [4.69, 9.17) is 0 Å². The first kappa shape index (κ1) is 44.7. The fourth-order valence-electron chi connectivity index (χ4n) is 8.42. The van der Waals surface area contributed by atoms with E-state index < -0.39 is 0 Å². The molecule has 12 heterocycles. The van der Waals surface area contributed by atoms with E-state index >= 15 is 0 Å². The molecule has 12 aromatic heterocycles. The molecule has 16 nitrogen and oxygen atoms in total. The average molecular weight is 961 g/mol. The van der Waals surface area contributed by atoms with Crippen molar-refractivity contribution in [3.63, 3.8) is 0 Å². The van der Waals surface area contributed by atoms with Gasteiger partial charge in [-0.05, 0) is 53.4 Å². The number of nitrogens with zero attached hydrogens (tertiary/aromatic N) is 10. The molecule has 0 atom stereocenters. The lowest BCUT2D eigenvalue weighted by Gasteiger charge is -1.96. The molecule has 0 aliphatic rings. The summed E-state index contributed by atoms with van der Waals surface area (Å²) in [5.74, 6) is 0. The SMILES string of the molecule is CCc1cn2c(C)c3c(=O)[nH]ncc3c2s1.CCc1cn2c(C)c3c(=O)[nH]ncc3c2s1.CCc1cn2c(C)c3c(=O)n(C)ncc3c2s1.CCc1cn2c(C)c3c(=O)n(C)ncc3c2s1. The van der Waals surface area contributed by atoms with Gasteiger partial charge in [0.25, 0.3) is 22.2 Å². The first-order valence-corrected chi connectivity index (χ1v) is 24.8. The van der Waals surface area contributed by atoms with Crippen LogP contribution in [-0.2, 0) is 39.8 Å². The number of fused-ring (bicyclic) bond motifs is 12. The smallest absolute Gasteiger partial charge is 0.276 e. The van der Waals surface area contributed by atoms with Gasteiger partial charge in [0, 0.05) is 103 Å². The summed E-state index contributed by atoms with van der Waals surface area (Å²) >= 11 is 6.93. The number of thiazole rings is 4. The molecule has 0 saturated heterocycles. The molecule has 0 aliphatic heterocycles. The molecule has 2 N–H and O–H groups in total. The fourth-order valence-corrected chi connectivity index (χ4v) is 12.8. The Labute approximate surface area is 391 Å². The Balaban J connectivity index is 0.000000111. The van der Waals surface area contributed by atoms with Gasteiger partial charge in [-0.25, -0.2) is 19.6 Å². The molecule has 12 aromatic rings. The molecule has 0 bridgehead atoms. The van der Waals surface area contributed by atoms with Gasteiger partial charge in [0.1, 0.15) is 19.3 Å². The van der Waals surface area contributed by atoms with Gasteiger partial charge in [-0.2, -0.15) is 20.4 Å². The van der Waals surface area contributed by atoms with Crippen LogP contribution in [-0.4, -0.2) is 57.6 Å². The largest absolute Gasteiger partial charge is 0.310 e. The Bertz CT molecular complexity index is 3810. The number of aryl methyl sites for hydroxylation is 10. The molecule has 0 aliphatic carbocycles. The Morgan fingerprint density at radius 2 is 0.712 bits per heavy atom. The quantitative estimate of drug-likeness (QED) is 0.176. The van der Waals surface area contributed by atoms with E-state index in [-0.39, 0.29) is 22.2 Å². The van der Waals surface area contributed by atoms with E-state index in [1.165, 1.54) is 28.9 Å². The van der Waals surface area contributed by atoms with E-state index in [9.17, 15) is 19.2 Å². The van der Waals surface area contributed by atoms with E-state index in [2.05, 4.69) is 101 Å². The maximum absolute atomic E-state index is 12.1. The van der Waals surface area contributed by atoms with Gasteiger partial charge in [0.05, 0.1) is 46.3 Å². The molecule has 20 heteroatoms. The molecule has 12 rings (SSSR count). The van der Waals surface area contributed by atoms with Crippen molar-refractivity contribution in [2.24, 2.45) is 14.1 Å². The topological polar surface area (TPSA) is 179 Å². The lowest BCUT2D eigenvalue weighted by molar-refractivity contribution is 0.718. The number of aromatic nitrogens is 12. The van der Waals surface area contributed by atoms with Crippen LogP contribution < -0.4 is 22.2 Å². The van der Waals surface area contributed by atoms with Crippen LogP contribution in [0.5, 0.6) is 0 Å². The third-order valence-electron chi connectivity index (χ3n) is 12.1. The van der Waals surface area contributed by atoms with Crippen LogP contribution >= 0.6 is 45.3 Å². The highest BCUT2D eigenvalue weighted by Gasteiger charge is 2.18. The average Bonchev–Trinajstić information content (AvgIpc) is 4.20. The second-order valence-corrected chi connectivity index (χ2v) is 20.4. The van der Waals surface area contributed by atoms with Crippen molar-refractivity contribution >= 4 is 108 Å². The number of hydrogen-bond donors (Lipinski definition) is 2. The van der Waals surface area contributed by atoms with E-state index in [0.717, 1.165) is 111 Å². The van der Waals surface area contributed by atoms with Crippen molar-refractivity contribution in [1.82, 2.24) is 57.6 Å². The molecular formula is C46H48N12O4S4. The number of nitrogens with one attached hydrogen (secondary N) is 2. The van der Waals surface area contributed by atoms with E-state index in [0.29, 0.717) is 0 Å². The Hall–Kier alpha value is -6.48. The minimum Gasteiger partial charge on any atom is -0.310 e. The third kappa shape index (κ3) is 7.22. The Morgan fingerprint density at radius 3 is 1.00 bits per heavy atom. The normalized spacial score (nSPS) is 11.7. The summed E-state index contributed by atoms with van der Waals surface area (Å²) in [5.41, 5.74) is 3.74. The molecule has 0 spiro atoms. The molecule has 0 aromatic carbocycles. The summed E-state index contributed by atoms with van der Waals surface area (Å²) in [4.78, 5) is 57.3. The molecule has 340 valence electrons. The molecule has 0 fully saturated rings. The van der Waals surface area contributed by atoms with Crippen molar-refractivity contribution < 1.29 is 0 Å². The second kappa shape index (κ2) is 17.4. The Morgan fingerprint density at radius 1 is 0.439 bits per heavy atom. The number of aromatic amines is 2. The molecule has 0 saturated carbocycles. The zero-order valence-electron chi connectivity index (χ0n) is 38.2. The van der Waals surface area contributed by atoms with Gasteiger partial charge in [-0.3, -0.25) is 19.2 Å². The fraction of sp³-hybridized carbons (Fsp3) is 0.304. The molecule has 0 unspecified atom stereocenters. The maximum atomic E-state index is 12.1. The first-order chi connectivity index (χ1) is 31.7. The van der Waals surface area contributed by atoms with Crippen LogP contribution in [0, 0.1) is 27.7 Å². The van der Waals surface area contributed by atoms with Crippen LogP contribution in [0.4, 0.5) is 0 Å². The summed E-state index contributed by atoms with van der Waals surface area (Å²) in [7, 11) is 3.37. The van der Waals surface area contributed by atoms with Crippen LogP contribution in [0.3, 0.4) is 0 Å². The number of H-pyrrole nitrogens is 2. The van der Waals surface area contributed by atoms with E-state index in [1.54, 1.807) is 84.2 Å². The zero-order valence-corrected chi connectivity index (χ0v) is 41.5. The highest BCUT2D eigenvalue weighted by atomic mass is 32.1. The van der Waals surface area contributed by atoms with Crippen LogP contribution in [0.25, 0.3) is 62.4 Å². The Kier molecular flexibility index (Phi) is 11.8. The standard InChI is InChI=1S/2C12H13N3OS.2C11H11N3OS/c2*1-4-8-6-15-7(2)10-9(12(15)17-8)5-13-14(3)11(10)16;2*1-3-7-5-14-6(2)9-8(11(14)16-7)4-12-13-10(9)15/h2*5-6H,4H2,1-3H3;2*4-5H,3H2,1-2H3,(H,13,15). The minimum atomic E-state index is -0.107. The van der Waals surface area contributed by atoms with Crippen LogP contribution in [0.2, 0.25) is 0 Å². The lowest BCUT2D eigenvalue weighted by Crippen LogP contribution is -2.18. The molecule has 66 heavy (non-hydrogen) atoms. The zero-order chi connectivity index (χ0) is 46.9. The van der Waals surface area contributed by atoms with Gasteiger partial charge < -0.3 is 17.6 Å². The number of hydrogen-bond acceptors (Lipinski definition) is 12. The van der Waals surface area contributed by atoms with Crippen molar-refractivity contribution in [3.05, 3.63) is 133 Å². The minimum absolute atomic E-state index is 0.0195. The van der Waals surface area contributed by atoms with E-state index in [1.807, 2.05) is 27.7 Å². The highest BCUT2D eigenvalue weighted by Crippen LogP contribution is 2.33. The summed E-state index contributed by atoms with van der Waals surface area (Å²) < 4.78 is 11.2. The van der Waals surface area contributed by atoms with Crippen LogP contribution in [0.15, 0.2) is 68.8 Å². The number of rotatable bonds is 4. The predicted octanol–water partition coefficient (Wildman–Crippen LogP) is 8.45. The van der Waals surface area contributed by atoms with Gasteiger partial charge in [0.15, 0.2) is 0 Å². The molecule has 0 amide bonds. The summed E-state index contributed by atoms with van der Waals surface area (Å²) in [5, 5.41) is 27.8. The monoisotopic (exact) mass is 960 g/mol. The van der Waals surface area contributed by atoms with Gasteiger partial charge in [-0.15, -0.1) is 45.3 Å². The lowest BCUT2D eigenvalue weighted by atomic mass is 10.2. The summed E-state index contributed by atoms with van der Waals surface area (Å²) in [6.45, 7) is 16.5. The van der Waals surface area contributed by atoms with Gasteiger partial charge >= 0.3 is 0 Å². The van der Waals surface area contributed by atoms with Gasteiger partial charge in [0.2, 0.25) is 0 Å². The summed E-state index contributed by atoms with van der Waals surface area (Å²) in [6.07, 6.45) is 19.6.